The number of halogens is 4. The Bertz CT molecular complexity index is 1930. The Morgan fingerprint density at radius 1 is 0.933 bits per heavy atom. The van der Waals surface area contributed by atoms with Crippen LogP contribution >= 0.6 is 11.6 Å². The van der Waals surface area contributed by atoms with Crippen LogP contribution in [0, 0.1) is 5.41 Å². The number of rotatable bonds is 10. The lowest BCUT2D eigenvalue weighted by atomic mass is 9.76. The summed E-state index contributed by atoms with van der Waals surface area (Å²) in [4.78, 5) is 73.5. The van der Waals surface area contributed by atoms with Crippen molar-refractivity contribution in [3.63, 3.8) is 0 Å². The van der Waals surface area contributed by atoms with Crippen molar-refractivity contribution in [2.75, 3.05) is 70.1 Å². The number of urea groups is 1. The van der Waals surface area contributed by atoms with Crippen LogP contribution in [0.2, 0.25) is 5.02 Å². The third-order valence-corrected chi connectivity index (χ3v) is 13.0. The number of anilines is 2. The second kappa shape index (κ2) is 18.5. The van der Waals surface area contributed by atoms with Crippen molar-refractivity contribution < 1.29 is 56.3 Å². The summed E-state index contributed by atoms with van der Waals surface area (Å²) >= 11 is 6.16. The van der Waals surface area contributed by atoms with Gasteiger partial charge in [0.2, 0.25) is 0 Å². The second-order valence-corrected chi connectivity index (χ2v) is 16.8. The summed E-state index contributed by atoms with van der Waals surface area (Å²) in [5, 5.41) is 2.61. The maximum atomic E-state index is 14.4. The van der Waals surface area contributed by atoms with E-state index in [0.29, 0.717) is 51.7 Å². The second-order valence-electron chi connectivity index (χ2n) is 16.4. The SMILES string of the molecule is CCOC(=O)C1(C)CC[NH+](C2(C(=O)OCC)CCN(C(=O)[C@@H](Cc3cc(Cl)c(N)c(C(F)(F)F)c3)OC(=O)N3CCC(N4CCc5ccccc5NC4=O)CC3)CC2)CC1. The molecule has 0 aromatic heterocycles. The molecule has 4 amide bonds. The number of hydrogen-bond donors (Lipinski definition) is 3. The van der Waals surface area contributed by atoms with Crippen molar-refractivity contribution in [3.8, 4) is 0 Å². The number of hydrogen-bond acceptors (Lipinski definition) is 9. The topological polar surface area (TPSA) is 165 Å². The highest BCUT2D eigenvalue weighted by Gasteiger charge is 2.55. The van der Waals surface area contributed by atoms with Crippen LogP contribution in [-0.4, -0.2) is 121 Å². The molecule has 1 atom stereocenters. The molecule has 3 saturated heterocycles. The molecule has 2 aromatic carbocycles. The number of likely N-dealkylation sites (tertiary alicyclic amines) is 3. The number of para-hydroxylation sites is 1. The largest absolute Gasteiger partial charge is 0.466 e. The molecule has 18 heteroatoms. The Labute approximate surface area is 352 Å². The van der Waals surface area contributed by atoms with Gasteiger partial charge in [-0.1, -0.05) is 29.8 Å². The van der Waals surface area contributed by atoms with Crippen LogP contribution in [0.3, 0.4) is 0 Å². The van der Waals surface area contributed by atoms with E-state index in [1.54, 1.807) is 18.7 Å². The molecule has 60 heavy (non-hydrogen) atoms. The lowest BCUT2D eigenvalue weighted by Crippen LogP contribution is -3.23. The van der Waals surface area contributed by atoms with E-state index in [2.05, 4.69) is 5.32 Å². The minimum Gasteiger partial charge on any atom is -0.466 e. The molecule has 0 spiro atoms. The molecule has 3 fully saturated rings. The summed E-state index contributed by atoms with van der Waals surface area (Å²) in [7, 11) is 0. The van der Waals surface area contributed by atoms with Gasteiger partial charge in [0.25, 0.3) is 5.91 Å². The van der Waals surface area contributed by atoms with E-state index in [4.69, 9.17) is 31.5 Å². The van der Waals surface area contributed by atoms with Crippen molar-refractivity contribution in [2.45, 2.75) is 96.0 Å². The van der Waals surface area contributed by atoms with Crippen molar-refractivity contribution in [1.82, 2.24) is 14.7 Å². The molecular weight excluding hydrogens is 809 g/mol. The lowest BCUT2D eigenvalue weighted by Gasteiger charge is -2.47. The van der Waals surface area contributed by atoms with E-state index in [-0.39, 0.29) is 80.9 Å². The predicted molar refractivity (Wildman–Crippen MR) is 215 cm³/mol. The number of alkyl halides is 3. The zero-order chi connectivity index (χ0) is 43.4. The van der Waals surface area contributed by atoms with E-state index >= 15 is 0 Å². The molecule has 0 aliphatic carbocycles. The number of fused-ring (bicyclic) bond motifs is 1. The molecule has 4 aliphatic heterocycles. The number of carbonyl (C=O) groups excluding carboxylic acids is 5. The van der Waals surface area contributed by atoms with E-state index in [1.165, 1.54) is 15.9 Å². The van der Waals surface area contributed by atoms with E-state index < -0.39 is 58.9 Å². The molecule has 0 saturated carbocycles. The Hall–Kier alpha value is -4.77. The van der Waals surface area contributed by atoms with Crippen molar-refractivity contribution >= 4 is 52.9 Å². The molecule has 4 heterocycles. The average Bonchev–Trinajstić information content (AvgIpc) is 3.39. The number of nitrogens with zero attached hydrogens (tertiary/aromatic N) is 3. The van der Waals surface area contributed by atoms with Gasteiger partial charge in [-0.3, -0.25) is 9.59 Å². The summed E-state index contributed by atoms with van der Waals surface area (Å²) in [5.41, 5.74) is 3.93. The van der Waals surface area contributed by atoms with Crippen LogP contribution < -0.4 is 16.0 Å². The van der Waals surface area contributed by atoms with Crippen molar-refractivity contribution in [2.24, 2.45) is 5.41 Å². The average molecular weight is 864 g/mol. The Morgan fingerprint density at radius 3 is 2.20 bits per heavy atom. The number of benzene rings is 2. The van der Waals surface area contributed by atoms with Gasteiger partial charge in [-0.25, -0.2) is 14.4 Å². The third kappa shape index (κ3) is 9.56. The molecule has 0 unspecified atom stereocenters. The maximum Gasteiger partial charge on any atom is 0.418 e. The molecule has 0 bridgehead atoms. The van der Waals surface area contributed by atoms with Gasteiger partial charge in [0.15, 0.2) is 11.6 Å². The predicted octanol–water partition coefficient (Wildman–Crippen LogP) is 4.72. The molecule has 14 nitrogen and oxygen atoms in total. The fourth-order valence-electron chi connectivity index (χ4n) is 9.09. The summed E-state index contributed by atoms with van der Waals surface area (Å²) in [6.45, 7) is 7.82. The van der Waals surface area contributed by atoms with Gasteiger partial charge < -0.3 is 44.9 Å². The molecule has 6 rings (SSSR count). The first-order chi connectivity index (χ1) is 28.5. The highest BCUT2D eigenvalue weighted by molar-refractivity contribution is 6.33. The van der Waals surface area contributed by atoms with Gasteiger partial charge in [0, 0.05) is 76.6 Å². The molecule has 2 aromatic rings. The summed E-state index contributed by atoms with van der Waals surface area (Å²) in [6, 6.07) is 9.25. The van der Waals surface area contributed by atoms with Gasteiger partial charge in [0.05, 0.1) is 48.0 Å². The molecular formula is C42H55ClF3N6O8+. The standard InChI is InChI=1S/C42H54ClF3N6O8/c1-4-58-36(54)40(3)13-22-51(23-14-40)41(37(55)59-5-2)15-20-49(21-16-41)35(53)33(26-27-24-30(42(44,45)46)34(47)31(43)25-27)60-39(57)50-17-11-29(12-18-50)52-19-10-28-8-6-7-9-32(28)48-38(52)56/h6-9,24-25,29,33H,4-5,10-23,26,47H2,1-3H3,(H,48,56)/p+1/t33-/m1/s1. The van der Waals surface area contributed by atoms with Crippen molar-refractivity contribution in [3.05, 3.63) is 58.1 Å². The molecule has 0 radical (unpaired) electrons. The lowest BCUT2D eigenvalue weighted by molar-refractivity contribution is -0.950. The molecule has 328 valence electrons. The fourth-order valence-corrected chi connectivity index (χ4v) is 9.33. The first kappa shape index (κ1) is 44.8. The maximum absolute atomic E-state index is 14.4. The monoisotopic (exact) mass is 863 g/mol. The highest BCUT2D eigenvalue weighted by atomic mass is 35.5. The number of amides is 4. The van der Waals surface area contributed by atoms with Gasteiger partial charge in [0.1, 0.15) is 0 Å². The Kier molecular flexibility index (Phi) is 13.8. The third-order valence-electron chi connectivity index (χ3n) is 12.7. The van der Waals surface area contributed by atoms with Gasteiger partial charge in [-0.2, -0.15) is 13.2 Å². The number of nitrogens with two attached hydrogens (primary N) is 1. The Balaban J connectivity index is 1.17. The summed E-state index contributed by atoms with van der Waals surface area (Å²) < 4.78 is 58.8. The van der Waals surface area contributed by atoms with Crippen LogP contribution in [0.15, 0.2) is 36.4 Å². The van der Waals surface area contributed by atoms with Crippen LogP contribution in [0.1, 0.15) is 76.0 Å². The number of nitrogens with one attached hydrogen (secondary N) is 2. The molecule has 4 aliphatic rings. The van der Waals surface area contributed by atoms with Crippen LogP contribution in [0.5, 0.6) is 0 Å². The number of quaternary nitrogens is 1. The summed E-state index contributed by atoms with van der Waals surface area (Å²) in [5.74, 6) is -1.32. The van der Waals surface area contributed by atoms with Crippen molar-refractivity contribution in [1.29, 1.82) is 0 Å². The van der Waals surface area contributed by atoms with Gasteiger partial charge in [-0.15, -0.1) is 0 Å². The van der Waals surface area contributed by atoms with Gasteiger partial charge in [-0.05, 0) is 69.4 Å². The highest BCUT2D eigenvalue weighted by Crippen LogP contribution is 2.38. The normalized spacial score (nSPS) is 22.8. The number of carbonyl (C=O) groups is 5. The first-order valence-corrected chi connectivity index (χ1v) is 21.1. The minimum absolute atomic E-state index is 0.0140. The van der Waals surface area contributed by atoms with Gasteiger partial charge >= 0.3 is 30.2 Å². The minimum atomic E-state index is -4.84. The number of ether oxygens (including phenoxy) is 3. The van der Waals surface area contributed by atoms with Crippen LogP contribution in [-0.2, 0) is 47.6 Å². The van der Waals surface area contributed by atoms with E-state index in [0.717, 1.165) is 22.2 Å². The molecule has 4 N–H and O–H groups in total. The van der Waals surface area contributed by atoms with E-state index in [9.17, 15) is 37.1 Å². The zero-order valence-electron chi connectivity index (χ0n) is 34.3. The fraction of sp³-hybridized carbons (Fsp3) is 0.595. The van der Waals surface area contributed by atoms with Crippen LogP contribution in [0.25, 0.3) is 0 Å². The Morgan fingerprint density at radius 2 is 1.57 bits per heavy atom. The number of piperidine rings is 3. The quantitative estimate of drug-likeness (QED) is 0.174. The number of nitrogen functional groups attached to an aromatic ring is 1. The van der Waals surface area contributed by atoms with E-state index in [1.807, 2.05) is 31.2 Å². The zero-order valence-corrected chi connectivity index (χ0v) is 35.1. The van der Waals surface area contributed by atoms with Crippen LogP contribution in [0.4, 0.5) is 34.1 Å². The first-order valence-electron chi connectivity index (χ1n) is 20.7. The summed E-state index contributed by atoms with van der Waals surface area (Å²) in [6.07, 6.45) is -4.69. The smallest absolute Gasteiger partial charge is 0.418 e. The number of esters is 2.